The maximum atomic E-state index is 13.1. The van der Waals surface area contributed by atoms with Gasteiger partial charge < -0.3 is 10.0 Å². The lowest BCUT2D eigenvalue weighted by molar-refractivity contribution is -0.384. The minimum Gasteiger partial charge on any atom is -0.503 e. The number of hydrogen-bond acceptors (Lipinski definition) is 6. The fourth-order valence-corrected chi connectivity index (χ4v) is 3.74. The van der Waals surface area contributed by atoms with E-state index in [9.17, 15) is 24.8 Å². The van der Waals surface area contributed by atoms with E-state index in [4.69, 9.17) is 0 Å². The highest BCUT2D eigenvalue weighted by Crippen LogP contribution is 2.39. The maximum absolute atomic E-state index is 13.1. The number of aromatic nitrogens is 1. The molecule has 8 nitrogen and oxygen atoms in total. The fourth-order valence-electron chi connectivity index (χ4n) is 3.74. The van der Waals surface area contributed by atoms with Gasteiger partial charge in [-0.25, -0.2) is 0 Å². The van der Waals surface area contributed by atoms with Crippen LogP contribution in [0, 0.1) is 10.1 Å². The summed E-state index contributed by atoms with van der Waals surface area (Å²) >= 11 is 0. The molecule has 3 aromatic rings. The van der Waals surface area contributed by atoms with Crippen LogP contribution >= 0.6 is 0 Å². The van der Waals surface area contributed by atoms with Gasteiger partial charge in [0.15, 0.2) is 11.5 Å². The van der Waals surface area contributed by atoms with Crippen molar-refractivity contribution >= 4 is 23.5 Å². The third kappa shape index (κ3) is 4.54. The Kier molecular flexibility index (Phi) is 6.08. The van der Waals surface area contributed by atoms with Crippen molar-refractivity contribution in [3.8, 4) is 0 Å². The first-order valence-corrected chi connectivity index (χ1v) is 10.1. The van der Waals surface area contributed by atoms with Crippen LogP contribution < -0.4 is 0 Å². The molecule has 0 aliphatic carbocycles. The van der Waals surface area contributed by atoms with Gasteiger partial charge in [0.05, 0.1) is 16.5 Å². The number of ketones is 1. The van der Waals surface area contributed by atoms with Crippen molar-refractivity contribution in [3.05, 3.63) is 123 Å². The molecule has 1 amide bonds. The molecule has 1 aliphatic heterocycles. The first-order chi connectivity index (χ1) is 16.0. The Bertz CT molecular complexity index is 1270. The highest BCUT2D eigenvalue weighted by molar-refractivity contribution is 6.14. The number of nitrogens with zero attached hydrogens (tertiary/aromatic N) is 3. The molecule has 4 rings (SSSR count). The van der Waals surface area contributed by atoms with E-state index < -0.39 is 28.4 Å². The molecule has 1 aliphatic rings. The van der Waals surface area contributed by atoms with Crippen molar-refractivity contribution in [1.29, 1.82) is 0 Å². The van der Waals surface area contributed by atoms with E-state index in [1.165, 1.54) is 29.2 Å². The second kappa shape index (κ2) is 9.27. The summed E-state index contributed by atoms with van der Waals surface area (Å²) in [6.45, 7) is 0.0588. The molecule has 33 heavy (non-hydrogen) atoms. The molecular weight excluding hydrogens is 422 g/mol. The number of nitro groups is 1. The van der Waals surface area contributed by atoms with Gasteiger partial charge in [-0.1, -0.05) is 54.6 Å². The lowest BCUT2D eigenvalue weighted by Crippen LogP contribution is -2.30. The summed E-state index contributed by atoms with van der Waals surface area (Å²) in [5.74, 6) is -1.96. The van der Waals surface area contributed by atoms with Crippen molar-refractivity contribution in [2.75, 3.05) is 0 Å². The predicted octanol–water partition coefficient (Wildman–Crippen LogP) is 4.17. The lowest BCUT2D eigenvalue weighted by atomic mass is 9.95. The molecule has 0 saturated heterocycles. The lowest BCUT2D eigenvalue weighted by Gasteiger charge is -2.26. The van der Waals surface area contributed by atoms with Crippen LogP contribution in [0.3, 0.4) is 0 Å². The molecule has 2 aromatic carbocycles. The molecular formula is C25H19N3O5. The van der Waals surface area contributed by atoms with Crippen LogP contribution in [0.2, 0.25) is 0 Å². The Morgan fingerprint density at radius 3 is 2.61 bits per heavy atom. The third-order valence-electron chi connectivity index (χ3n) is 5.27. The zero-order chi connectivity index (χ0) is 23.4. The van der Waals surface area contributed by atoms with Crippen molar-refractivity contribution in [3.63, 3.8) is 0 Å². The van der Waals surface area contributed by atoms with E-state index in [0.29, 0.717) is 11.1 Å². The fraction of sp³-hybridized carbons (Fsp3) is 0.0800. The first-order valence-electron chi connectivity index (χ1n) is 10.1. The number of allylic oxidation sites excluding steroid dienone is 1. The van der Waals surface area contributed by atoms with Gasteiger partial charge in [0.2, 0.25) is 0 Å². The van der Waals surface area contributed by atoms with E-state index in [1.807, 2.05) is 30.3 Å². The monoisotopic (exact) mass is 441 g/mol. The number of aliphatic hydroxyl groups excluding tert-OH is 1. The smallest absolute Gasteiger partial charge is 0.290 e. The molecule has 8 heteroatoms. The van der Waals surface area contributed by atoms with E-state index in [0.717, 1.165) is 5.56 Å². The van der Waals surface area contributed by atoms with Gasteiger partial charge in [0.25, 0.3) is 11.6 Å². The van der Waals surface area contributed by atoms with Crippen molar-refractivity contribution in [1.82, 2.24) is 9.88 Å². The Hall–Kier alpha value is -4.59. The normalized spacial score (nSPS) is 15.9. The largest absolute Gasteiger partial charge is 0.503 e. The highest BCUT2D eigenvalue weighted by atomic mass is 16.6. The second-order valence-electron chi connectivity index (χ2n) is 7.42. The van der Waals surface area contributed by atoms with Crippen LogP contribution in [0.1, 0.15) is 22.7 Å². The number of amides is 1. The van der Waals surface area contributed by atoms with E-state index in [1.54, 1.807) is 36.7 Å². The summed E-state index contributed by atoms with van der Waals surface area (Å²) in [5, 5.41) is 22.0. The molecule has 164 valence electrons. The average molecular weight is 441 g/mol. The SMILES string of the molecule is O=C(/C=C/c1ccccc1)C1=C(O)C(=O)N(Cc2cccnc2)C1c1cccc([N+](=O)[O-])c1. The van der Waals surface area contributed by atoms with Crippen molar-refractivity contribution < 1.29 is 19.6 Å². The number of aliphatic hydroxyl groups is 1. The predicted molar refractivity (Wildman–Crippen MR) is 121 cm³/mol. The number of rotatable bonds is 7. The van der Waals surface area contributed by atoms with Gasteiger partial charge in [0.1, 0.15) is 0 Å². The first kappa shape index (κ1) is 21.6. The molecule has 2 heterocycles. The zero-order valence-electron chi connectivity index (χ0n) is 17.4. The van der Waals surface area contributed by atoms with Crippen LogP contribution in [-0.4, -0.2) is 31.6 Å². The number of carbonyl (C=O) groups excluding carboxylic acids is 2. The summed E-state index contributed by atoms with van der Waals surface area (Å²) in [6.07, 6.45) is 6.03. The zero-order valence-corrected chi connectivity index (χ0v) is 17.4. The highest BCUT2D eigenvalue weighted by Gasteiger charge is 2.43. The number of nitro benzene ring substituents is 1. The number of non-ortho nitro benzene ring substituents is 1. The third-order valence-corrected chi connectivity index (χ3v) is 5.27. The second-order valence-corrected chi connectivity index (χ2v) is 7.42. The van der Waals surface area contributed by atoms with Crippen LogP contribution in [0.15, 0.2) is 96.5 Å². The summed E-state index contributed by atoms with van der Waals surface area (Å²) in [4.78, 5) is 42.3. The number of hydrogen-bond donors (Lipinski definition) is 1. The standard InChI is InChI=1S/C25H19N3O5/c29-21(12-11-17-6-2-1-3-7-17)22-23(19-9-4-10-20(14-19)28(32)33)27(25(31)24(22)30)16-18-8-5-13-26-15-18/h1-15,23,30H,16H2/b12-11+. The van der Waals surface area contributed by atoms with Gasteiger partial charge in [0, 0.05) is 31.1 Å². The molecule has 0 saturated carbocycles. The van der Waals surface area contributed by atoms with Gasteiger partial charge in [-0.05, 0) is 28.8 Å². The summed E-state index contributed by atoms with van der Waals surface area (Å²) in [6, 6.07) is 17.3. The van der Waals surface area contributed by atoms with E-state index in [2.05, 4.69) is 4.98 Å². The number of carbonyl (C=O) groups is 2. The van der Waals surface area contributed by atoms with Gasteiger partial charge in [-0.3, -0.25) is 24.7 Å². The van der Waals surface area contributed by atoms with Gasteiger partial charge in [-0.2, -0.15) is 0 Å². The Balaban J connectivity index is 1.76. The van der Waals surface area contributed by atoms with E-state index in [-0.39, 0.29) is 17.8 Å². The molecule has 1 aromatic heterocycles. The van der Waals surface area contributed by atoms with Crippen LogP contribution in [0.5, 0.6) is 0 Å². The van der Waals surface area contributed by atoms with Gasteiger partial charge in [-0.15, -0.1) is 0 Å². The Morgan fingerprint density at radius 1 is 1.12 bits per heavy atom. The summed E-state index contributed by atoms with van der Waals surface area (Å²) in [7, 11) is 0. The molecule has 0 spiro atoms. The minimum absolute atomic E-state index is 0.0588. The van der Waals surface area contributed by atoms with Gasteiger partial charge >= 0.3 is 0 Å². The quantitative estimate of drug-likeness (QED) is 0.334. The Labute approximate surface area is 189 Å². The molecule has 1 unspecified atom stereocenters. The van der Waals surface area contributed by atoms with Crippen molar-refractivity contribution in [2.45, 2.75) is 12.6 Å². The van der Waals surface area contributed by atoms with Crippen LogP contribution in [0.25, 0.3) is 6.08 Å². The van der Waals surface area contributed by atoms with Crippen LogP contribution in [-0.2, 0) is 16.1 Å². The van der Waals surface area contributed by atoms with Crippen molar-refractivity contribution in [2.24, 2.45) is 0 Å². The van der Waals surface area contributed by atoms with E-state index >= 15 is 0 Å². The average Bonchev–Trinajstić information content (AvgIpc) is 3.09. The number of benzene rings is 2. The molecule has 0 radical (unpaired) electrons. The topological polar surface area (TPSA) is 114 Å². The summed E-state index contributed by atoms with van der Waals surface area (Å²) in [5.41, 5.74) is 1.50. The minimum atomic E-state index is -0.995. The molecule has 0 fully saturated rings. The van der Waals surface area contributed by atoms with Crippen LogP contribution in [0.4, 0.5) is 5.69 Å². The Morgan fingerprint density at radius 2 is 1.91 bits per heavy atom. The molecule has 1 N–H and O–H groups in total. The summed E-state index contributed by atoms with van der Waals surface area (Å²) < 4.78 is 0. The number of pyridine rings is 1. The molecule has 0 bridgehead atoms. The maximum Gasteiger partial charge on any atom is 0.290 e. The molecule has 1 atom stereocenters.